The van der Waals surface area contributed by atoms with Crippen molar-refractivity contribution in [3.05, 3.63) is 95.3 Å². The third-order valence-corrected chi connectivity index (χ3v) is 4.68. The molecule has 29 heavy (non-hydrogen) atoms. The molecule has 1 N–H and O–H groups in total. The molecule has 148 valence electrons. The highest BCUT2D eigenvalue weighted by atomic mass is 16.7. The molecule has 6 heteroatoms. The number of esters is 1. The quantitative estimate of drug-likeness (QED) is 0.479. The van der Waals surface area contributed by atoms with E-state index in [1.54, 1.807) is 37.3 Å². The standard InChI is InChI=1S/C23H21NO5/c1-15(12-19(25)16-8-4-2-5-9-16)24-18-13-20-21(28-22(18)26)14-27-23(29-20)17-10-6-3-7-11-17/h2-13,20-21,23-24H,14H2,1H3/b15-12+/t20-,21+,23+/m0/s1. The van der Waals surface area contributed by atoms with Gasteiger partial charge in [0, 0.05) is 22.9 Å². The van der Waals surface area contributed by atoms with Gasteiger partial charge in [0.05, 0.1) is 6.61 Å². The molecule has 2 heterocycles. The van der Waals surface area contributed by atoms with Crippen molar-refractivity contribution in [2.24, 2.45) is 0 Å². The zero-order valence-corrected chi connectivity index (χ0v) is 15.9. The van der Waals surface area contributed by atoms with Gasteiger partial charge in [-0.25, -0.2) is 4.79 Å². The van der Waals surface area contributed by atoms with Gasteiger partial charge in [-0.2, -0.15) is 0 Å². The van der Waals surface area contributed by atoms with E-state index in [2.05, 4.69) is 5.32 Å². The normalized spacial score (nSPS) is 24.2. The second-order valence-electron chi connectivity index (χ2n) is 6.88. The molecule has 2 aliphatic rings. The first kappa shape index (κ1) is 19.1. The number of ether oxygens (including phenoxy) is 3. The summed E-state index contributed by atoms with van der Waals surface area (Å²) in [6.45, 7) is 1.97. The van der Waals surface area contributed by atoms with Crippen LogP contribution in [-0.4, -0.2) is 30.6 Å². The van der Waals surface area contributed by atoms with Crippen LogP contribution in [0.4, 0.5) is 0 Å². The number of allylic oxidation sites excluding steroid dienone is 2. The van der Waals surface area contributed by atoms with Gasteiger partial charge < -0.3 is 19.5 Å². The third kappa shape index (κ3) is 4.45. The zero-order chi connectivity index (χ0) is 20.2. The molecule has 0 amide bonds. The molecule has 2 aromatic rings. The second kappa shape index (κ2) is 8.43. The minimum atomic E-state index is -0.525. The summed E-state index contributed by atoms with van der Waals surface area (Å²) in [5, 5.41) is 2.96. The topological polar surface area (TPSA) is 73.9 Å². The van der Waals surface area contributed by atoms with Gasteiger partial charge in [0.1, 0.15) is 11.8 Å². The van der Waals surface area contributed by atoms with E-state index in [-0.39, 0.29) is 18.1 Å². The molecule has 1 saturated heterocycles. The van der Waals surface area contributed by atoms with E-state index in [9.17, 15) is 9.59 Å². The molecule has 3 atom stereocenters. The number of ketones is 1. The molecule has 0 unspecified atom stereocenters. The van der Waals surface area contributed by atoms with Crippen molar-refractivity contribution in [2.45, 2.75) is 25.4 Å². The Morgan fingerprint density at radius 3 is 2.48 bits per heavy atom. The Kier molecular flexibility index (Phi) is 5.55. The number of carbonyl (C=O) groups excluding carboxylic acids is 2. The first-order valence-corrected chi connectivity index (χ1v) is 9.39. The molecule has 2 aromatic carbocycles. The fraction of sp³-hybridized carbons (Fsp3) is 0.217. The SMILES string of the molecule is C/C(=C\C(=O)c1ccccc1)NC1=C[C@@H]2O[C@H](c3ccccc3)OC[C@H]2OC1=O. The number of rotatable bonds is 5. The highest BCUT2D eigenvalue weighted by Gasteiger charge is 2.38. The summed E-state index contributed by atoms with van der Waals surface area (Å²) in [4.78, 5) is 24.6. The van der Waals surface area contributed by atoms with Gasteiger partial charge in [0.25, 0.3) is 0 Å². The molecule has 2 aliphatic heterocycles. The minimum Gasteiger partial charge on any atom is -0.452 e. The molecule has 0 spiro atoms. The van der Waals surface area contributed by atoms with Crippen LogP contribution in [0.15, 0.2) is 84.2 Å². The van der Waals surface area contributed by atoms with Crippen molar-refractivity contribution in [1.29, 1.82) is 0 Å². The summed E-state index contributed by atoms with van der Waals surface area (Å²) in [5.74, 6) is -0.652. The van der Waals surface area contributed by atoms with Gasteiger partial charge in [-0.15, -0.1) is 0 Å². The molecule has 6 nitrogen and oxygen atoms in total. The third-order valence-electron chi connectivity index (χ3n) is 4.68. The van der Waals surface area contributed by atoms with Crippen molar-refractivity contribution < 1.29 is 23.8 Å². The molecule has 0 radical (unpaired) electrons. The maximum Gasteiger partial charge on any atom is 0.354 e. The predicted octanol–water partition coefficient (Wildman–Crippen LogP) is 3.29. The molecular formula is C23H21NO5. The number of hydrogen-bond donors (Lipinski definition) is 1. The lowest BCUT2D eigenvalue weighted by Gasteiger charge is -2.37. The van der Waals surface area contributed by atoms with Gasteiger partial charge in [0.15, 0.2) is 18.2 Å². The summed E-state index contributed by atoms with van der Waals surface area (Å²) < 4.78 is 17.1. The van der Waals surface area contributed by atoms with Crippen LogP contribution in [-0.2, 0) is 19.0 Å². The second-order valence-corrected chi connectivity index (χ2v) is 6.88. The van der Waals surface area contributed by atoms with Gasteiger partial charge in [-0.3, -0.25) is 4.79 Å². The van der Waals surface area contributed by atoms with Crippen LogP contribution in [0, 0.1) is 0 Å². The maximum atomic E-state index is 12.3. The van der Waals surface area contributed by atoms with Crippen LogP contribution in [0.25, 0.3) is 0 Å². The van der Waals surface area contributed by atoms with E-state index in [4.69, 9.17) is 14.2 Å². The molecular weight excluding hydrogens is 370 g/mol. The molecule has 4 rings (SSSR count). The number of benzene rings is 2. The predicted molar refractivity (Wildman–Crippen MR) is 106 cm³/mol. The number of hydrogen-bond acceptors (Lipinski definition) is 6. The van der Waals surface area contributed by atoms with E-state index >= 15 is 0 Å². The first-order valence-electron chi connectivity index (χ1n) is 9.39. The van der Waals surface area contributed by atoms with Gasteiger partial charge in [-0.1, -0.05) is 60.7 Å². The molecule has 0 aromatic heterocycles. The average Bonchev–Trinajstić information content (AvgIpc) is 2.75. The highest BCUT2D eigenvalue weighted by molar-refractivity contribution is 6.04. The van der Waals surface area contributed by atoms with E-state index in [0.717, 1.165) is 5.56 Å². The summed E-state index contributed by atoms with van der Waals surface area (Å²) >= 11 is 0. The lowest BCUT2D eigenvalue weighted by Crippen LogP contribution is -2.47. The fourth-order valence-electron chi connectivity index (χ4n) is 3.24. The van der Waals surface area contributed by atoms with Crippen molar-refractivity contribution in [3.63, 3.8) is 0 Å². The zero-order valence-electron chi connectivity index (χ0n) is 15.9. The Bertz CT molecular complexity index is 952. The summed E-state index contributed by atoms with van der Waals surface area (Å²) in [7, 11) is 0. The van der Waals surface area contributed by atoms with Crippen LogP contribution in [0.2, 0.25) is 0 Å². The molecule has 0 bridgehead atoms. The van der Waals surface area contributed by atoms with E-state index in [1.165, 1.54) is 6.08 Å². The average molecular weight is 391 g/mol. The monoisotopic (exact) mass is 391 g/mol. The van der Waals surface area contributed by atoms with E-state index in [0.29, 0.717) is 11.3 Å². The first-order chi connectivity index (χ1) is 14.1. The van der Waals surface area contributed by atoms with Crippen LogP contribution in [0.5, 0.6) is 0 Å². The fourth-order valence-corrected chi connectivity index (χ4v) is 3.24. The Morgan fingerprint density at radius 2 is 1.76 bits per heavy atom. The van der Waals surface area contributed by atoms with Crippen molar-refractivity contribution in [3.8, 4) is 0 Å². The van der Waals surface area contributed by atoms with Crippen molar-refractivity contribution in [1.82, 2.24) is 5.32 Å². The van der Waals surface area contributed by atoms with Crippen LogP contribution < -0.4 is 5.32 Å². The van der Waals surface area contributed by atoms with Crippen LogP contribution >= 0.6 is 0 Å². The van der Waals surface area contributed by atoms with E-state index in [1.807, 2.05) is 36.4 Å². The lowest BCUT2D eigenvalue weighted by molar-refractivity contribution is -0.252. The largest absolute Gasteiger partial charge is 0.452 e. The van der Waals surface area contributed by atoms with Gasteiger partial charge >= 0.3 is 5.97 Å². The summed E-state index contributed by atoms with van der Waals surface area (Å²) in [6.07, 6.45) is 1.69. The van der Waals surface area contributed by atoms with Crippen molar-refractivity contribution >= 4 is 11.8 Å². The number of nitrogens with one attached hydrogen (secondary N) is 1. The Balaban J connectivity index is 1.47. The van der Waals surface area contributed by atoms with Gasteiger partial charge in [-0.05, 0) is 13.0 Å². The van der Waals surface area contributed by atoms with E-state index < -0.39 is 24.5 Å². The maximum absolute atomic E-state index is 12.3. The van der Waals surface area contributed by atoms with Gasteiger partial charge in [0.2, 0.25) is 0 Å². The number of fused-ring (bicyclic) bond motifs is 1. The minimum absolute atomic E-state index is 0.148. The summed E-state index contributed by atoms with van der Waals surface area (Å²) in [6, 6.07) is 18.5. The summed E-state index contributed by atoms with van der Waals surface area (Å²) in [5.41, 5.74) is 2.25. The molecule has 1 fully saturated rings. The smallest absolute Gasteiger partial charge is 0.354 e. The highest BCUT2D eigenvalue weighted by Crippen LogP contribution is 2.30. The van der Waals surface area contributed by atoms with Crippen LogP contribution in [0.1, 0.15) is 29.1 Å². The van der Waals surface area contributed by atoms with Crippen LogP contribution in [0.3, 0.4) is 0 Å². The Hall–Kier alpha value is -3.22. The Morgan fingerprint density at radius 1 is 1.07 bits per heavy atom. The lowest BCUT2D eigenvalue weighted by atomic mass is 10.1. The van der Waals surface area contributed by atoms with Crippen molar-refractivity contribution in [2.75, 3.05) is 6.61 Å². The number of carbonyl (C=O) groups is 2. The molecule has 0 aliphatic carbocycles. The Labute approximate surface area is 168 Å². The molecule has 0 saturated carbocycles.